The number of aromatic nitrogens is 2. The molecule has 2 rings (SSSR count). The van der Waals surface area contributed by atoms with Gasteiger partial charge in [0.25, 0.3) is 5.56 Å². The molecule has 1 aromatic carbocycles. The van der Waals surface area contributed by atoms with Crippen molar-refractivity contribution in [1.82, 2.24) is 9.78 Å². The number of anilines is 1. The largest absolute Gasteiger partial charge is 0.378 e. The van der Waals surface area contributed by atoms with E-state index in [1.807, 2.05) is 38.1 Å². The van der Waals surface area contributed by atoms with Crippen LogP contribution in [0.25, 0.3) is 10.8 Å². The van der Waals surface area contributed by atoms with Crippen LogP contribution in [0.15, 0.2) is 23.0 Å². The topological polar surface area (TPSA) is 81.2 Å². The van der Waals surface area contributed by atoms with Crippen molar-refractivity contribution in [2.24, 2.45) is 5.73 Å². The number of nitrogens with zero attached hydrogens (tertiary/aromatic N) is 3. The quantitative estimate of drug-likeness (QED) is 0.880. The van der Waals surface area contributed by atoms with Gasteiger partial charge in [-0.3, -0.25) is 9.59 Å². The average Bonchev–Trinajstić information content (AvgIpc) is 2.40. The van der Waals surface area contributed by atoms with E-state index in [1.165, 1.54) is 0 Å². The van der Waals surface area contributed by atoms with Crippen molar-refractivity contribution in [3.05, 3.63) is 34.2 Å². The number of primary amides is 1. The molecule has 0 unspecified atom stereocenters. The second-order valence-corrected chi connectivity index (χ2v) is 4.85. The van der Waals surface area contributed by atoms with Crippen molar-refractivity contribution in [2.45, 2.75) is 19.9 Å². The number of carbonyl (C=O) groups is 1. The monoisotopic (exact) mass is 274 g/mol. The summed E-state index contributed by atoms with van der Waals surface area (Å²) in [6.07, 6.45) is 0.673. The van der Waals surface area contributed by atoms with Gasteiger partial charge in [-0.15, -0.1) is 0 Å². The molecule has 0 fully saturated rings. The number of hydrogen-bond acceptors (Lipinski definition) is 4. The van der Waals surface area contributed by atoms with E-state index in [9.17, 15) is 9.59 Å². The third-order valence-corrected chi connectivity index (χ3v) is 3.18. The summed E-state index contributed by atoms with van der Waals surface area (Å²) in [6.45, 7) is 1.76. The van der Waals surface area contributed by atoms with Crippen LogP contribution in [0.1, 0.15) is 12.6 Å². The minimum atomic E-state index is -0.578. The summed E-state index contributed by atoms with van der Waals surface area (Å²) in [6, 6.07) is 5.58. The predicted octanol–water partition coefficient (Wildman–Crippen LogP) is 0.510. The Labute approximate surface area is 116 Å². The summed E-state index contributed by atoms with van der Waals surface area (Å²) in [5.41, 5.74) is 6.64. The standard InChI is InChI=1S/C14H18N4O2/c1-4-12-11-7-9(17(2)3)5-6-10(11)14(20)18(16-12)8-13(15)19/h5-7H,4,8H2,1-3H3,(H2,15,19). The third-order valence-electron chi connectivity index (χ3n) is 3.18. The molecule has 6 nitrogen and oxygen atoms in total. The molecule has 0 spiro atoms. The lowest BCUT2D eigenvalue weighted by Crippen LogP contribution is -2.31. The first kappa shape index (κ1) is 14.0. The van der Waals surface area contributed by atoms with Gasteiger partial charge in [-0.1, -0.05) is 6.92 Å². The van der Waals surface area contributed by atoms with E-state index in [1.54, 1.807) is 6.07 Å². The molecular weight excluding hydrogens is 256 g/mol. The van der Waals surface area contributed by atoms with E-state index in [4.69, 9.17) is 5.73 Å². The number of aryl methyl sites for hydroxylation is 1. The zero-order valence-corrected chi connectivity index (χ0v) is 11.9. The van der Waals surface area contributed by atoms with E-state index in [0.29, 0.717) is 11.8 Å². The van der Waals surface area contributed by atoms with Crippen LogP contribution in [-0.4, -0.2) is 29.8 Å². The lowest BCUT2D eigenvalue weighted by Gasteiger charge is -2.15. The van der Waals surface area contributed by atoms with Crippen LogP contribution < -0.4 is 16.2 Å². The Kier molecular flexibility index (Phi) is 3.74. The minimum Gasteiger partial charge on any atom is -0.378 e. The van der Waals surface area contributed by atoms with Crippen molar-refractivity contribution in [1.29, 1.82) is 0 Å². The molecule has 106 valence electrons. The molecule has 0 radical (unpaired) electrons. The van der Waals surface area contributed by atoms with E-state index < -0.39 is 5.91 Å². The Balaban J connectivity index is 2.74. The van der Waals surface area contributed by atoms with Crippen molar-refractivity contribution < 1.29 is 4.79 Å². The summed E-state index contributed by atoms with van der Waals surface area (Å²) in [4.78, 5) is 25.3. The molecule has 0 saturated heterocycles. The first-order valence-corrected chi connectivity index (χ1v) is 6.43. The fourth-order valence-electron chi connectivity index (χ4n) is 2.14. The van der Waals surface area contributed by atoms with Crippen LogP contribution in [0.3, 0.4) is 0 Å². The van der Waals surface area contributed by atoms with Gasteiger partial charge in [0.2, 0.25) is 5.91 Å². The first-order valence-electron chi connectivity index (χ1n) is 6.43. The molecule has 0 saturated carbocycles. The fraction of sp³-hybridized carbons (Fsp3) is 0.357. The fourth-order valence-corrected chi connectivity index (χ4v) is 2.14. The number of nitrogens with two attached hydrogens (primary N) is 1. The van der Waals surface area contributed by atoms with Crippen molar-refractivity contribution in [3.63, 3.8) is 0 Å². The lowest BCUT2D eigenvalue weighted by molar-refractivity contribution is -0.118. The summed E-state index contributed by atoms with van der Waals surface area (Å²) in [5, 5.41) is 5.63. The number of rotatable bonds is 4. The highest BCUT2D eigenvalue weighted by Crippen LogP contribution is 2.21. The molecule has 1 heterocycles. The summed E-state index contributed by atoms with van der Waals surface area (Å²) in [7, 11) is 3.88. The summed E-state index contributed by atoms with van der Waals surface area (Å²) in [5.74, 6) is -0.578. The average molecular weight is 274 g/mol. The molecule has 0 aliphatic rings. The van der Waals surface area contributed by atoms with Gasteiger partial charge in [-0.05, 0) is 24.6 Å². The second-order valence-electron chi connectivity index (χ2n) is 4.85. The van der Waals surface area contributed by atoms with Crippen LogP contribution in [-0.2, 0) is 17.8 Å². The van der Waals surface area contributed by atoms with Crippen molar-refractivity contribution in [2.75, 3.05) is 19.0 Å². The maximum absolute atomic E-state index is 12.3. The maximum atomic E-state index is 12.3. The molecule has 0 atom stereocenters. The number of hydrogen-bond donors (Lipinski definition) is 1. The Morgan fingerprint density at radius 1 is 1.35 bits per heavy atom. The molecule has 20 heavy (non-hydrogen) atoms. The van der Waals surface area contributed by atoms with Crippen LogP contribution in [0.5, 0.6) is 0 Å². The number of carbonyl (C=O) groups excluding carboxylic acids is 1. The molecule has 2 aromatic rings. The highest BCUT2D eigenvalue weighted by Gasteiger charge is 2.12. The molecule has 1 aromatic heterocycles. The van der Waals surface area contributed by atoms with Gasteiger partial charge in [0.05, 0.1) is 11.1 Å². The first-order chi connectivity index (χ1) is 9.43. The van der Waals surface area contributed by atoms with Gasteiger partial charge in [0.15, 0.2) is 0 Å². The van der Waals surface area contributed by atoms with Gasteiger partial charge in [-0.25, -0.2) is 4.68 Å². The van der Waals surface area contributed by atoms with Gasteiger partial charge in [0.1, 0.15) is 6.54 Å². The second kappa shape index (κ2) is 5.32. The van der Waals surface area contributed by atoms with Gasteiger partial charge in [0, 0.05) is 25.2 Å². The van der Waals surface area contributed by atoms with Crippen LogP contribution >= 0.6 is 0 Å². The molecule has 1 amide bonds. The number of benzene rings is 1. The Bertz CT molecular complexity index is 719. The Morgan fingerprint density at radius 2 is 2.05 bits per heavy atom. The number of amides is 1. The minimum absolute atomic E-state index is 0.197. The summed E-state index contributed by atoms with van der Waals surface area (Å²) < 4.78 is 1.14. The van der Waals surface area contributed by atoms with Crippen molar-refractivity contribution >= 4 is 22.4 Å². The number of fused-ring (bicyclic) bond motifs is 1. The third kappa shape index (κ3) is 2.49. The van der Waals surface area contributed by atoms with Crippen molar-refractivity contribution in [3.8, 4) is 0 Å². The SMILES string of the molecule is CCc1nn(CC(N)=O)c(=O)c2ccc(N(C)C)cc12. The van der Waals surface area contributed by atoms with Gasteiger partial charge >= 0.3 is 0 Å². The molecule has 0 aliphatic carbocycles. The van der Waals surface area contributed by atoms with Crippen LogP contribution in [0.2, 0.25) is 0 Å². The maximum Gasteiger partial charge on any atom is 0.275 e. The summed E-state index contributed by atoms with van der Waals surface area (Å²) >= 11 is 0. The molecule has 6 heteroatoms. The highest BCUT2D eigenvalue weighted by atomic mass is 16.2. The highest BCUT2D eigenvalue weighted by molar-refractivity contribution is 5.87. The lowest BCUT2D eigenvalue weighted by atomic mass is 10.1. The van der Waals surface area contributed by atoms with Gasteiger partial charge < -0.3 is 10.6 Å². The zero-order valence-electron chi connectivity index (χ0n) is 11.9. The van der Waals surface area contributed by atoms with Gasteiger partial charge in [-0.2, -0.15) is 5.10 Å². The predicted molar refractivity (Wildman–Crippen MR) is 78.9 cm³/mol. The molecule has 0 aliphatic heterocycles. The molecule has 2 N–H and O–H groups in total. The molecular formula is C14H18N4O2. The van der Waals surface area contributed by atoms with E-state index in [-0.39, 0.29) is 12.1 Å². The Hall–Kier alpha value is -2.37. The van der Waals surface area contributed by atoms with Crippen LogP contribution in [0, 0.1) is 0 Å². The molecule has 0 bridgehead atoms. The van der Waals surface area contributed by atoms with Crippen LogP contribution in [0.4, 0.5) is 5.69 Å². The normalized spacial score (nSPS) is 10.8. The van der Waals surface area contributed by atoms with E-state index in [2.05, 4.69) is 5.10 Å². The van der Waals surface area contributed by atoms with E-state index >= 15 is 0 Å². The zero-order chi connectivity index (χ0) is 14.9. The Morgan fingerprint density at radius 3 is 2.60 bits per heavy atom. The van der Waals surface area contributed by atoms with E-state index in [0.717, 1.165) is 21.4 Å². The smallest absolute Gasteiger partial charge is 0.275 e.